The zero-order chi connectivity index (χ0) is 20.9. The highest BCUT2D eigenvalue weighted by Crippen LogP contribution is 2.39. The van der Waals surface area contributed by atoms with Crippen molar-refractivity contribution in [3.63, 3.8) is 0 Å². The second-order valence-corrected chi connectivity index (χ2v) is 7.96. The van der Waals surface area contributed by atoms with Crippen molar-refractivity contribution in [2.45, 2.75) is 43.8 Å². The van der Waals surface area contributed by atoms with Gasteiger partial charge >= 0.3 is 0 Å². The van der Waals surface area contributed by atoms with E-state index in [-0.39, 0.29) is 13.0 Å². The third-order valence-electron chi connectivity index (χ3n) is 5.31. The van der Waals surface area contributed by atoms with Crippen molar-refractivity contribution in [3.8, 4) is 0 Å². The summed E-state index contributed by atoms with van der Waals surface area (Å²) >= 11 is 1.71. The molecular weight excluding hydrogens is 484 g/mol. The molecule has 0 radical (unpaired) electrons. The third-order valence-corrected chi connectivity index (χ3v) is 5.90. The van der Waals surface area contributed by atoms with Crippen LogP contribution in [0.15, 0.2) is 64.9 Å². The van der Waals surface area contributed by atoms with Crippen LogP contribution < -0.4 is 5.46 Å². The monoisotopic (exact) mass is 509 g/mol. The van der Waals surface area contributed by atoms with E-state index in [0.29, 0.717) is 6.61 Å². The molecule has 0 aromatic heterocycles. The number of benzene rings is 1. The van der Waals surface area contributed by atoms with Gasteiger partial charge in [-0.25, -0.2) is 0 Å². The van der Waals surface area contributed by atoms with Gasteiger partial charge in [0, 0.05) is 6.42 Å². The van der Waals surface area contributed by atoms with E-state index in [1.807, 2.05) is 19.1 Å². The number of hydrogen-bond donors (Lipinski definition) is 1. The number of nitroso groups, excluding NO2 is 1. The van der Waals surface area contributed by atoms with Gasteiger partial charge in [-0.1, -0.05) is 53.1 Å². The van der Waals surface area contributed by atoms with E-state index in [1.54, 1.807) is 23.0 Å². The summed E-state index contributed by atoms with van der Waals surface area (Å²) in [5.74, 6) is -1.05. The van der Waals surface area contributed by atoms with Gasteiger partial charge in [-0.3, -0.25) is 0 Å². The van der Waals surface area contributed by atoms with Crippen LogP contribution in [-0.4, -0.2) is 50.2 Å². The van der Waals surface area contributed by atoms with Crippen LogP contribution in [0.3, 0.4) is 0 Å². The van der Waals surface area contributed by atoms with Gasteiger partial charge in [0.1, 0.15) is 49.1 Å². The van der Waals surface area contributed by atoms with Crippen molar-refractivity contribution in [1.29, 1.82) is 0 Å². The van der Waals surface area contributed by atoms with Crippen LogP contribution >= 0.6 is 23.0 Å². The molecule has 1 aromatic carbocycles. The van der Waals surface area contributed by atoms with Crippen LogP contribution in [0.1, 0.15) is 18.9 Å². The molecule has 1 aromatic rings. The van der Waals surface area contributed by atoms with E-state index in [4.69, 9.17) is 12.5 Å². The van der Waals surface area contributed by atoms with E-state index in [9.17, 15) is 10.0 Å². The molecule has 154 valence electrons. The minimum atomic E-state index is -1.05. The maximum atomic E-state index is 11.3. The highest BCUT2D eigenvalue weighted by Gasteiger charge is 2.50. The smallest absolute Gasteiger partial charge is 0.191 e. The lowest BCUT2D eigenvalue weighted by atomic mass is 9.93. The highest BCUT2D eigenvalue weighted by molar-refractivity contribution is 14.1. The van der Waals surface area contributed by atoms with Crippen molar-refractivity contribution in [2.24, 2.45) is 5.18 Å². The van der Waals surface area contributed by atoms with Crippen molar-refractivity contribution in [3.05, 3.63) is 70.2 Å². The fourth-order valence-corrected chi connectivity index (χ4v) is 4.31. The van der Waals surface area contributed by atoms with Crippen molar-refractivity contribution >= 4 is 36.3 Å². The van der Waals surface area contributed by atoms with Crippen LogP contribution in [-0.2, 0) is 19.0 Å². The number of aliphatic hydroxyl groups excluding tert-OH is 1. The number of aliphatic hydroxyl groups is 1. The van der Waals surface area contributed by atoms with E-state index in [0.717, 1.165) is 12.0 Å². The minimum Gasteiger partial charge on any atom is -0.394 e. The second-order valence-electron chi connectivity index (χ2n) is 7.45. The second kappa shape index (κ2) is 10.1. The Balaban J connectivity index is 1.71. The van der Waals surface area contributed by atoms with Gasteiger partial charge in [-0.05, 0) is 36.1 Å². The number of ether oxygens (including phenoxy) is 2. The minimum absolute atomic E-state index is 0.262. The Hall–Kier alpha value is -1.33. The number of nitrogens with zero attached hydrogens (tertiary/aromatic N) is 1. The number of halogens is 1. The summed E-state index contributed by atoms with van der Waals surface area (Å²) in [7, 11) is 2.08. The van der Waals surface area contributed by atoms with Gasteiger partial charge in [-0.15, -0.1) is 0 Å². The fourth-order valence-electron chi connectivity index (χ4n) is 3.65. The molecule has 1 N–H and O–H groups in total. The molecule has 2 aliphatic heterocycles. The first-order chi connectivity index (χ1) is 14.0. The molecule has 4 atom stereocenters. The zero-order valence-corrected chi connectivity index (χ0v) is 18.7. The fraction of sp³-hybridized carbons (Fsp3) is 0.429. The lowest BCUT2D eigenvalue weighted by Gasteiger charge is -2.41. The lowest BCUT2D eigenvalue weighted by molar-refractivity contribution is -0.264. The van der Waals surface area contributed by atoms with Gasteiger partial charge in [0.25, 0.3) is 0 Å². The highest BCUT2D eigenvalue weighted by atomic mass is 127. The van der Waals surface area contributed by atoms with E-state index >= 15 is 0 Å². The molecule has 0 amide bonds. The van der Waals surface area contributed by atoms with Gasteiger partial charge in [0.2, 0.25) is 0 Å². The number of hydrogen-bond acceptors (Lipinski definition) is 6. The molecule has 0 aliphatic carbocycles. The summed E-state index contributed by atoms with van der Waals surface area (Å²) in [6, 6.07) is 7.87. The van der Waals surface area contributed by atoms with Crippen LogP contribution in [0.5, 0.6) is 0 Å². The molecular formula is C21H25BINO5. The summed E-state index contributed by atoms with van der Waals surface area (Å²) in [5.41, 5.74) is 4.66. The lowest BCUT2D eigenvalue weighted by Crippen LogP contribution is -2.54. The normalized spacial score (nSPS) is 30.1. The Morgan fingerprint density at radius 2 is 2.21 bits per heavy atom. The van der Waals surface area contributed by atoms with Crippen molar-refractivity contribution in [1.82, 2.24) is 0 Å². The van der Waals surface area contributed by atoms with Crippen LogP contribution in [0, 0.1) is 4.91 Å². The quantitative estimate of drug-likeness (QED) is 0.265. The molecule has 8 heteroatoms. The van der Waals surface area contributed by atoms with Crippen molar-refractivity contribution < 1.29 is 17.6 Å². The summed E-state index contributed by atoms with van der Waals surface area (Å²) < 4.78 is 17.1. The first-order valence-electron chi connectivity index (χ1n) is 9.65. The molecule has 1 fully saturated rings. The Bertz CT molecular complexity index is 810. The summed E-state index contributed by atoms with van der Waals surface area (Å²) in [6.07, 6.45) is 7.91. The summed E-state index contributed by atoms with van der Waals surface area (Å²) in [5, 5.41) is 12.8. The van der Waals surface area contributed by atoms with Crippen molar-refractivity contribution in [2.75, 3.05) is 13.2 Å². The Kier molecular flexibility index (Phi) is 7.81. The topological polar surface area (TPSA) is 77.4 Å². The first kappa shape index (κ1) is 22.4. The number of allylic oxidation sites excluding steroid dienone is 3. The maximum Gasteiger partial charge on any atom is 0.191 e. The van der Waals surface area contributed by atoms with Gasteiger partial charge < -0.3 is 17.6 Å². The van der Waals surface area contributed by atoms with Crippen LogP contribution in [0.2, 0.25) is 0 Å². The zero-order valence-electron chi connectivity index (χ0n) is 16.6. The number of rotatable bonds is 7. The average molecular weight is 509 g/mol. The predicted molar refractivity (Wildman–Crippen MR) is 123 cm³/mol. The molecule has 29 heavy (non-hydrogen) atoms. The van der Waals surface area contributed by atoms with E-state index in [2.05, 4.69) is 49.4 Å². The molecule has 1 saturated heterocycles. The Labute approximate surface area is 186 Å². The maximum absolute atomic E-state index is 11.3. The Morgan fingerprint density at radius 3 is 2.83 bits per heavy atom. The standard InChI is InChI=1S/C21H25BINO5/c1-2-14(9-15-5-7-17(22)8-6-15)3-4-16-10-21(27-13-16)11-18(24-26)20(29-23)19(12-25)28-21/h2-8,10,18-20,25H,9,11-13,22H2,1H3/b4-3-,14-2+/t18?,19-,20+,21+/m1/s1. The first-order valence-corrected chi connectivity index (χ1v) is 10.5. The molecule has 1 unspecified atom stereocenters. The van der Waals surface area contributed by atoms with Crippen LogP contribution in [0.25, 0.3) is 0 Å². The molecule has 0 bridgehead atoms. The van der Waals surface area contributed by atoms with Gasteiger partial charge in [0.05, 0.1) is 13.2 Å². The molecule has 2 heterocycles. The Morgan fingerprint density at radius 1 is 1.45 bits per heavy atom. The average Bonchev–Trinajstić information content (AvgIpc) is 3.13. The van der Waals surface area contributed by atoms with E-state index in [1.165, 1.54) is 16.6 Å². The molecule has 3 rings (SSSR count). The molecule has 2 aliphatic rings. The summed E-state index contributed by atoms with van der Waals surface area (Å²) in [6.45, 7) is 2.12. The van der Waals surface area contributed by atoms with E-state index < -0.39 is 24.0 Å². The molecule has 6 nitrogen and oxygen atoms in total. The molecule has 1 spiro atoms. The molecule has 0 saturated carbocycles. The SMILES string of the molecule is Bc1ccc(CC(/C=C\C2=C[C@]3(CC(N=O)[C@H](OI)[C@@H](CO)O3)OC2)=C/C)cc1. The summed E-state index contributed by atoms with van der Waals surface area (Å²) in [4.78, 5) is 11.3. The van der Waals surface area contributed by atoms with Gasteiger partial charge in [0.15, 0.2) is 5.79 Å². The van der Waals surface area contributed by atoms with Crippen LogP contribution in [0.4, 0.5) is 0 Å². The third kappa shape index (κ3) is 5.43. The predicted octanol–water partition coefficient (Wildman–Crippen LogP) is 2.29. The van der Waals surface area contributed by atoms with Gasteiger partial charge in [-0.2, -0.15) is 4.91 Å². The largest absolute Gasteiger partial charge is 0.394 e.